The Morgan fingerprint density at radius 1 is 1.18 bits per heavy atom. The number of fused-ring (bicyclic) bond motifs is 6. The van der Waals surface area contributed by atoms with Crippen LogP contribution in [0, 0.1) is 41.4 Å². The maximum absolute atomic E-state index is 13.5. The summed E-state index contributed by atoms with van der Waals surface area (Å²) in [4.78, 5) is 18.1. The van der Waals surface area contributed by atoms with Gasteiger partial charge in [-0.3, -0.25) is 4.79 Å². The van der Waals surface area contributed by atoms with Crippen LogP contribution in [0.25, 0.3) is 0 Å². The highest BCUT2D eigenvalue weighted by molar-refractivity contribution is 5.90. The van der Waals surface area contributed by atoms with Crippen LogP contribution in [-0.2, 0) is 16.0 Å². The van der Waals surface area contributed by atoms with Crippen LogP contribution in [0.15, 0.2) is 34.4 Å². The van der Waals surface area contributed by atoms with E-state index in [0.717, 1.165) is 74.5 Å². The van der Waals surface area contributed by atoms with Crippen LogP contribution < -0.4 is 16.2 Å². The fourth-order valence-corrected chi connectivity index (χ4v) is 9.20. The van der Waals surface area contributed by atoms with Crippen LogP contribution in [0.5, 0.6) is 11.5 Å². The van der Waals surface area contributed by atoms with Gasteiger partial charge in [0.15, 0.2) is 23.2 Å². The second-order valence-corrected chi connectivity index (χ2v) is 15.1. The first-order valence-electron chi connectivity index (χ1n) is 18.9. The molecule has 0 heterocycles. The second kappa shape index (κ2) is 17.7. The molecule has 0 spiro atoms. The number of aryl methyl sites for hydroxylation is 1. The van der Waals surface area contributed by atoms with E-state index in [1.807, 2.05) is 13.0 Å². The number of carbonyl (C=O) groups excluding carboxylic acids is 1. The molecule has 0 aromatic heterocycles. The van der Waals surface area contributed by atoms with E-state index < -0.39 is 0 Å². The molecular weight excluding hydrogens is 630 g/mol. The van der Waals surface area contributed by atoms with E-state index >= 15 is 0 Å². The van der Waals surface area contributed by atoms with E-state index in [2.05, 4.69) is 29.8 Å². The third-order valence-corrected chi connectivity index (χ3v) is 11.7. The van der Waals surface area contributed by atoms with E-state index in [0.29, 0.717) is 43.1 Å². The number of rotatable bonds is 14. The Kier molecular flexibility index (Phi) is 13.5. The van der Waals surface area contributed by atoms with Crippen LogP contribution in [0.3, 0.4) is 0 Å². The van der Waals surface area contributed by atoms with Crippen LogP contribution in [0.4, 0.5) is 0 Å². The van der Waals surface area contributed by atoms with Crippen molar-refractivity contribution in [1.82, 2.24) is 0 Å². The number of phenolic OH excluding ortho intramolecular Hbond substituents is 1. The van der Waals surface area contributed by atoms with Gasteiger partial charge in [-0.1, -0.05) is 37.3 Å². The normalized spacial score (nSPS) is 27.2. The molecule has 5 rings (SSSR count). The summed E-state index contributed by atoms with van der Waals surface area (Å²) in [6.07, 6.45) is 14.3. The van der Waals surface area contributed by atoms with Gasteiger partial charge < -0.3 is 36.3 Å². The van der Waals surface area contributed by atoms with E-state index in [-0.39, 0.29) is 78.9 Å². The number of aromatic hydroxyl groups is 1. The highest BCUT2D eigenvalue weighted by Gasteiger charge is 2.46. The van der Waals surface area contributed by atoms with Gasteiger partial charge in [-0.15, -0.1) is 0 Å². The Morgan fingerprint density at radius 2 is 1.96 bits per heavy atom. The van der Waals surface area contributed by atoms with E-state index in [4.69, 9.17) is 20.9 Å². The van der Waals surface area contributed by atoms with Gasteiger partial charge in [0.2, 0.25) is 0 Å². The van der Waals surface area contributed by atoms with Crippen LogP contribution >= 0.6 is 0 Å². The zero-order chi connectivity index (χ0) is 35.8. The first kappa shape index (κ1) is 37.9. The fourth-order valence-electron chi connectivity index (χ4n) is 9.20. The maximum atomic E-state index is 13.5. The molecule has 9 nitrogen and oxygen atoms in total. The average molecular weight is 690 g/mol. The highest BCUT2D eigenvalue weighted by atomic mass is 16.5. The molecule has 9 heteroatoms. The van der Waals surface area contributed by atoms with Gasteiger partial charge in [0.05, 0.1) is 25.4 Å². The van der Waals surface area contributed by atoms with Gasteiger partial charge >= 0.3 is 0 Å². The summed E-state index contributed by atoms with van der Waals surface area (Å²) in [5, 5.41) is 32.0. The first-order valence-corrected chi connectivity index (χ1v) is 18.9. The predicted octanol–water partition coefficient (Wildman–Crippen LogP) is 5.67. The van der Waals surface area contributed by atoms with E-state index in [1.54, 1.807) is 13.2 Å². The predicted molar refractivity (Wildman–Crippen MR) is 197 cm³/mol. The average Bonchev–Trinajstić information content (AvgIpc) is 3.60. The Hall–Kier alpha value is -3.32. The molecule has 0 aliphatic heterocycles. The second-order valence-electron chi connectivity index (χ2n) is 15.1. The lowest BCUT2D eigenvalue weighted by Gasteiger charge is -2.47. The molecule has 1 aromatic carbocycles. The molecule has 2 bridgehead atoms. The number of hydrogen-bond donors (Lipinski definition) is 5. The van der Waals surface area contributed by atoms with Crippen LogP contribution in [-0.4, -0.2) is 66.1 Å². The Morgan fingerprint density at radius 3 is 2.64 bits per heavy atom. The summed E-state index contributed by atoms with van der Waals surface area (Å²) in [7, 11) is 1.74. The molecule has 2 saturated carbocycles. The van der Waals surface area contributed by atoms with Crippen molar-refractivity contribution in [3.8, 4) is 23.3 Å². The Balaban J connectivity index is 1.67. The van der Waals surface area contributed by atoms with Crippen molar-refractivity contribution in [3.05, 3.63) is 46.1 Å². The highest BCUT2D eigenvalue weighted by Crippen LogP contribution is 2.56. The topological polar surface area (TPSA) is 161 Å². The first-order chi connectivity index (χ1) is 24.2. The number of aliphatic hydroxyl groups excluding tert-OH is 2. The lowest BCUT2D eigenvalue weighted by Crippen LogP contribution is -2.39. The smallest absolute Gasteiger partial charge is 0.186 e. The number of methoxy groups -OCH3 is 1. The third-order valence-electron chi connectivity index (χ3n) is 11.7. The monoisotopic (exact) mass is 689 g/mol. The number of aliphatic imine (C=N–C) groups is 1. The van der Waals surface area contributed by atoms with Crippen LogP contribution in [0.1, 0.15) is 114 Å². The minimum absolute atomic E-state index is 0.00106. The molecule has 2 fully saturated rings. The molecule has 0 unspecified atom stereocenters. The standard InChI is InChI=1S/C41H59N3O6/c1-4-26(16-17-45)30(23-46)21-32(47)15-14-28-22-37(50-33-9-5-6-10-33)40(48)39-34(28)11-7-8-31(44-41(42)43)20-29-19-27-13-12-25(2)18-35(27)38(39)36(29)24-49-3/h19,21-22,25-26,29,31,33,35-36,38,45-46,48H,4-6,8-10,12-18,20,23-24H2,1-3H3,(H4,42,43,44)/t25-,26+,29+,31+,35-,36-,38+/m1/s1. The fraction of sp³-hybridized carbons (Fsp3) is 0.659. The minimum atomic E-state index is -0.222. The summed E-state index contributed by atoms with van der Waals surface area (Å²) in [5.74, 6) is 8.27. The molecule has 0 radical (unpaired) electrons. The molecule has 0 saturated heterocycles. The number of aliphatic hydroxyl groups is 2. The van der Waals surface area contributed by atoms with E-state index in [1.165, 1.54) is 5.57 Å². The van der Waals surface area contributed by atoms with Crippen molar-refractivity contribution in [1.29, 1.82) is 0 Å². The lowest BCUT2D eigenvalue weighted by molar-refractivity contribution is -0.114. The van der Waals surface area contributed by atoms with Crippen LogP contribution in [0.2, 0.25) is 0 Å². The quantitative estimate of drug-likeness (QED) is 0.0549. The molecule has 4 aliphatic rings. The molecule has 4 aliphatic carbocycles. The number of hydrogen-bond acceptors (Lipinski definition) is 7. The van der Waals surface area contributed by atoms with Crippen molar-refractivity contribution in [3.63, 3.8) is 0 Å². The summed E-state index contributed by atoms with van der Waals surface area (Å²) < 4.78 is 12.6. The molecule has 274 valence electrons. The number of phenols is 1. The van der Waals surface area contributed by atoms with Crippen molar-refractivity contribution >= 4 is 11.7 Å². The van der Waals surface area contributed by atoms with Gasteiger partial charge in [0.1, 0.15) is 0 Å². The van der Waals surface area contributed by atoms with E-state index in [9.17, 15) is 20.1 Å². The summed E-state index contributed by atoms with van der Waals surface area (Å²) in [6, 6.07) is 1.72. The zero-order valence-corrected chi connectivity index (χ0v) is 30.3. The molecule has 7 atom stereocenters. The number of guanidine groups is 1. The molecule has 1 aromatic rings. The van der Waals surface area contributed by atoms with Gasteiger partial charge in [-0.05, 0) is 123 Å². The largest absolute Gasteiger partial charge is 0.504 e. The lowest BCUT2D eigenvalue weighted by atomic mass is 9.58. The summed E-state index contributed by atoms with van der Waals surface area (Å²) >= 11 is 0. The van der Waals surface area contributed by atoms with Crippen molar-refractivity contribution in [2.75, 3.05) is 26.9 Å². The van der Waals surface area contributed by atoms with Gasteiger partial charge in [-0.2, -0.15) is 0 Å². The Bertz CT molecular complexity index is 1500. The zero-order valence-electron chi connectivity index (χ0n) is 30.3. The molecule has 0 amide bonds. The minimum Gasteiger partial charge on any atom is -0.504 e. The summed E-state index contributed by atoms with van der Waals surface area (Å²) in [6.45, 7) is 4.60. The van der Waals surface area contributed by atoms with Gasteiger partial charge in [0.25, 0.3) is 0 Å². The number of ketones is 1. The number of nitrogens with two attached hydrogens (primary N) is 2. The van der Waals surface area contributed by atoms with Crippen molar-refractivity contribution in [2.45, 2.75) is 115 Å². The van der Waals surface area contributed by atoms with Gasteiger partial charge in [0, 0.05) is 43.6 Å². The van der Waals surface area contributed by atoms with Gasteiger partial charge in [-0.25, -0.2) is 4.99 Å². The number of nitrogens with zero attached hydrogens (tertiary/aromatic N) is 1. The SMILES string of the molecule is CC[C@@H](CCO)C(=CC(=O)CCc1cc(OC2CCCC2)c(O)c2c1C#CC[C@H](N=C(N)N)C[C@@H]1C=C3CC[C@@H](C)C[C@H]3[C@H]2[C@@H]1COC)CO. The summed E-state index contributed by atoms with van der Waals surface area (Å²) in [5.41, 5.74) is 16.4. The van der Waals surface area contributed by atoms with Crippen molar-refractivity contribution in [2.24, 2.45) is 46.0 Å². The number of benzene rings is 1. The molecule has 7 N–H and O–H groups in total. The number of ether oxygens (including phenoxy) is 2. The Labute approximate surface area is 298 Å². The third kappa shape index (κ3) is 8.93. The molecule has 50 heavy (non-hydrogen) atoms. The van der Waals surface area contributed by atoms with Crippen molar-refractivity contribution < 1.29 is 29.6 Å². The maximum Gasteiger partial charge on any atom is 0.186 e. The number of carbonyl (C=O) groups is 1. The molecular formula is C41H59N3O6. The number of allylic oxidation sites excluding steroid dienone is 3.